The van der Waals surface area contributed by atoms with Gasteiger partial charge in [-0.25, -0.2) is 0 Å². The lowest BCUT2D eigenvalue weighted by Gasteiger charge is -2.14. The maximum absolute atomic E-state index is 2.32. The predicted molar refractivity (Wildman–Crippen MR) is 64.3 cm³/mol. The summed E-state index contributed by atoms with van der Waals surface area (Å²) >= 11 is 0. The summed E-state index contributed by atoms with van der Waals surface area (Å²) in [6.07, 6.45) is 2.32. The molecule has 1 aromatic rings. The number of benzene rings is 1. The lowest BCUT2D eigenvalue weighted by atomic mass is 9.91. The molecule has 0 fully saturated rings. The Hall–Kier alpha value is -1.04. The summed E-state index contributed by atoms with van der Waals surface area (Å²) in [5, 5.41) is 0. The largest absolute Gasteiger partial charge is 0.0756 e. The van der Waals surface area contributed by atoms with E-state index in [-0.39, 0.29) is 5.41 Å². The highest BCUT2D eigenvalue weighted by atomic mass is 14.1. The van der Waals surface area contributed by atoms with Gasteiger partial charge >= 0.3 is 0 Å². The number of hydrogen-bond acceptors (Lipinski definition) is 0. The Bertz CT molecular complexity index is 320. The number of rotatable bonds is 1. The van der Waals surface area contributed by atoms with Gasteiger partial charge in [0.15, 0.2) is 0 Å². The van der Waals surface area contributed by atoms with Crippen LogP contribution in [0.5, 0.6) is 0 Å². The van der Waals surface area contributed by atoms with Crippen molar-refractivity contribution >= 4 is 5.57 Å². The fourth-order valence-corrected chi connectivity index (χ4v) is 1.55. The van der Waals surface area contributed by atoms with Gasteiger partial charge in [-0.1, -0.05) is 56.7 Å². The van der Waals surface area contributed by atoms with E-state index in [9.17, 15) is 0 Å². The second-order valence-electron chi connectivity index (χ2n) is 5.06. The third-order valence-corrected chi connectivity index (χ3v) is 2.16. The molecule has 1 aromatic carbocycles. The zero-order chi connectivity index (χ0) is 10.8. The first-order chi connectivity index (χ1) is 6.38. The minimum Gasteiger partial charge on any atom is -0.0756 e. The van der Waals surface area contributed by atoms with Crippen LogP contribution in [0.15, 0.2) is 30.3 Å². The van der Waals surface area contributed by atoms with Crippen LogP contribution in [-0.4, -0.2) is 0 Å². The summed E-state index contributed by atoms with van der Waals surface area (Å²) in [5.74, 6) is 0. The third-order valence-electron chi connectivity index (χ3n) is 2.16. The highest BCUT2D eigenvalue weighted by Crippen LogP contribution is 2.23. The zero-order valence-corrected chi connectivity index (χ0v) is 9.89. The standard InChI is InChI=1S/C14H20/c1-11-6-8-13(9-7-11)12(2)10-14(3,4)5/h6-10H,1-5H3/b12-10+. The van der Waals surface area contributed by atoms with E-state index in [0.717, 1.165) is 0 Å². The quantitative estimate of drug-likeness (QED) is 0.611. The second kappa shape index (κ2) is 4.00. The van der Waals surface area contributed by atoms with Gasteiger partial charge in [0.05, 0.1) is 0 Å². The average Bonchev–Trinajstić information content (AvgIpc) is 2.02. The molecule has 0 heteroatoms. The van der Waals surface area contributed by atoms with Crippen LogP contribution in [0.25, 0.3) is 5.57 Å². The fourth-order valence-electron chi connectivity index (χ4n) is 1.55. The molecule has 0 aliphatic carbocycles. The third kappa shape index (κ3) is 3.37. The molecular formula is C14H20. The van der Waals surface area contributed by atoms with Crippen molar-refractivity contribution in [3.63, 3.8) is 0 Å². The molecule has 0 saturated carbocycles. The first-order valence-electron chi connectivity index (χ1n) is 5.15. The van der Waals surface area contributed by atoms with E-state index in [1.54, 1.807) is 0 Å². The number of aryl methyl sites for hydroxylation is 1. The average molecular weight is 188 g/mol. The Kier molecular flexibility index (Phi) is 3.15. The molecular weight excluding hydrogens is 168 g/mol. The van der Waals surface area contributed by atoms with Crippen LogP contribution in [0.2, 0.25) is 0 Å². The summed E-state index contributed by atoms with van der Waals surface area (Å²) < 4.78 is 0. The van der Waals surface area contributed by atoms with Gasteiger partial charge in [0, 0.05) is 0 Å². The van der Waals surface area contributed by atoms with E-state index in [2.05, 4.69) is 65.0 Å². The predicted octanol–water partition coefficient (Wildman–Crippen LogP) is 4.44. The van der Waals surface area contributed by atoms with Crippen molar-refractivity contribution in [3.8, 4) is 0 Å². The molecule has 0 amide bonds. The normalized spacial score (nSPS) is 13.1. The number of hydrogen-bond donors (Lipinski definition) is 0. The second-order valence-corrected chi connectivity index (χ2v) is 5.06. The van der Waals surface area contributed by atoms with Crippen LogP contribution in [0.4, 0.5) is 0 Å². The molecule has 0 radical (unpaired) electrons. The molecule has 0 aromatic heterocycles. The molecule has 0 spiro atoms. The Morgan fingerprint density at radius 1 is 1.07 bits per heavy atom. The van der Waals surface area contributed by atoms with Crippen LogP contribution in [-0.2, 0) is 0 Å². The molecule has 0 heterocycles. The molecule has 76 valence electrons. The van der Waals surface area contributed by atoms with E-state index in [0.29, 0.717) is 0 Å². The smallest absolute Gasteiger partial charge is 0.0197 e. The minimum atomic E-state index is 0.259. The topological polar surface area (TPSA) is 0 Å². The summed E-state index contributed by atoms with van der Waals surface area (Å²) in [4.78, 5) is 0. The molecule has 0 nitrogen and oxygen atoms in total. The van der Waals surface area contributed by atoms with Crippen molar-refractivity contribution in [3.05, 3.63) is 41.5 Å². The molecule has 0 N–H and O–H groups in total. The monoisotopic (exact) mass is 188 g/mol. The Balaban J connectivity index is 2.95. The van der Waals surface area contributed by atoms with Gasteiger partial charge in [-0.05, 0) is 30.4 Å². The highest BCUT2D eigenvalue weighted by Gasteiger charge is 2.06. The van der Waals surface area contributed by atoms with Crippen LogP contribution in [0.1, 0.15) is 38.8 Å². The van der Waals surface area contributed by atoms with Crippen LogP contribution in [0.3, 0.4) is 0 Å². The first-order valence-corrected chi connectivity index (χ1v) is 5.15. The molecule has 14 heavy (non-hydrogen) atoms. The SMILES string of the molecule is C/C(=C\C(C)(C)C)c1ccc(C)cc1. The summed E-state index contributed by atoms with van der Waals surface area (Å²) in [7, 11) is 0. The van der Waals surface area contributed by atoms with E-state index in [4.69, 9.17) is 0 Å². The van der Waals surface area contributed by atoms with Gasteiger partial charge in [0.25, 0.3) is 0 Å². The summed E-state index contributed by atoms with van der Waals surface area (Å²) in [6.45, 7) is 11.0. The van der Waals surface area contributed by atoms with Crippen LogP contribution >= 0.6 is 0 Å². The van der Waals surface area contributed by atoms with Crippen molar-refractivity contribution in [2.24, 2.45) is 5.41 Å². The summed E-state index contributed by atoms with van der Waals surface area (Å²) in [5.41, 5.74) is 4.26. The van der Waals surface area contributed by atoms with Crippen LogP contribution < -0.4 is 0 Å². The molecule has 0 bridgehead atoms. The van der Waals surface area contributed by atoms with Gasteiger partial charge in [-0.2, -0.15) is 0 Å². The lowest BCUT2D eigenvalue weighted by molar-refractivity contribution is 0.545. The molecule has 0 unspecified atom stereocenters. The Morgan fingerprint density at radius 2 is 1.57 bits per heavy atom. The van der Waals surface area contributed by atoms with Gasteiger partial charge in [-0.15, -0.1) is 0 Å². The first kappa shape index (κ1) is 11.0. The van der Waals surface area contributed by atoms with Crippen molar-refractivity contribution in [1.29, 1.82) is 0 Å². The van der Waals surface area contributed by atoms with Gasteiger partial charge in [0.1, 0.15) is 0 Å². The van der Waals surface area contributed by atoms with E-state index in [1.165, 1.54) is 16.7 Å². The molecule has 0 atom stereocenters. The van der Waals surface area contributed by atoms with Gasteiger partial charge in [-0.3, -0.25) is 0 Å². The summed E-state index contributed by atoms with van der Waals surface area (Å²) in [6, 6.07) is 8.70. The zero-order valence-electron chi connectivity index (χ0n) is 9.89. The molecule has 0 aliphatic rings. The number of allylic oxidation sites excluding steroid dienone is 2. The Morgan fingerprint density at radius 3 is 2.00 bits per heavy atom. The lowest BCUT2D eigenvalue weighted by Crippen LogP contribution is -2.00. The molecule has 0 aliphatic heterocycles. The maximum Gasteiger partial charge on any atom is -0.0197 e. The minimum absolute atomic E-state index is 0.259. The van der Waals surface area contributed by atoms with Crippen molar-refractivity contribution in [2.75, 3.05) is 0 Å². The molecule has 1 rings (SSSR count). The van der Waals surface area contributed by atoms with E-state index >= 15 is 0 Å². The van der Waals surface area contributed by atoms with Crippen molar-refractivity contribution in [1.82, 2.24) is 0 Å². The highest BCUT2D eigenvalue weighted by molar-refractivity contribution is 5.64. The van der Waals surface area contributed by atoms with E-state index in [1.807, 2.05) is 0 Å². The van der Waals surface area contributed by atoms with Crippen LogP contribution in [0, 0.1) is 12.3 Å². The maximum atomic E-state index is 2.32. The fraction of sp³-hybridized carbons (Fsp3) is 0.429. The molecule has 0 saturated heterocycles. The van der Waals surface area contributed by atoms with Crippen molar-refractivity contribution in [2.45, 2.75) is 34.6 Å². The van der Waals surface area contributed by atoms with E-state index < -0.39 is 0 Å². The van der Waals surface area contributed by atoms with Crippen molar-refractivity contribution < 1.29 is 0 Å². The van der Waals surface area contributed by atoms with Gasteiger partial charge in [0.2, 0.25) is 0 Å². The van der Waals surface area contributed by atoms with Gasteiger partial charge < -0.3 is 0 Å². The Labute approximate surface area is 87.7 Å².